The monoisotopic (exact) mass is 269 g/mol. The van der Waals surface area contributed by atoms with Crippen LogP contribution >= 0.6 is 0 Å². The van der Waals surface area contributed by atoms with E-state index in [9.17, 15) is 18.0 Å². The zero-order chi connectivity index (χ0) is 14.0. The number of halogens is 3. The van der Waals surface area contributed by atoms with Crippen molar-refractivity contribution in [2.24, 2.45) is 5.73 Å². The van der Waals surface area contributed by atoms with Gasteiger partial charge < -0.3 is 10.7 Å². The van der Waals surface area contributed by atoms with E-state index in [-0.39, 0.29) is 23.5 Å². The zero-order valence-electron chi connectivity index (χ0n) is 9.66. The molecule has 0 atom stereocenters. The first-order chi connectivity index (χ1) is 8.91. The first-order valence-corrected chi connectivity index (χ1v) is 5.37. The Kier molecular flexibility index (Phi) is 3.39. The highest BCUT2D eigenvalue weighted by atomic mass is 19.4. The fourth-order valence-electron chi connectivity index (χ4n) is 1.56. The molecule has 2 aromatic rings. The quantitative estimate of drug-likeness (QED) is 0.874. The summed E-state index contributed by atoms with van der Waals surface area (Å²) in [5, 5.41) is 0. The molecule has 4 nitrogen and oxygen atoms in total. The number of nitrogens with two attached hydrogens (primary N) is 1. The Morgan fingerprint density at radius 1 is 1.32 bits per heavy atom. The van der Waals surface area contributed by atoms with Gasteiger partial charge in [-0.25, -0.2) is 4.98 Å². The summed E-state index contributed by atoms with van der Waals surface area (Å²) in [4.78, 5) is 17.8. The lowest BCUT2D eigenvalue weighted by Gasteiger charge is -2.08. The number of nitrogens with zero attached hydrogens (tertiary/aromatic N) is 1. The number of rotatable bonds is 2. The summed E-state index contributed by atoms with van der Waals surface area (Å²) in [6.45, 7) is 0.0191. The molecule has 100 valence electrons. The van der Waals surface area contributed by atoms with Crippen LogP contribution in [0.4, 0.5) is 13.2 Å². The molecule has 7 heteroatoms. The molecule has 0 fully saturated rings. The minimum Gasteiger partial charge on any atom is -0.326 e. The van der Waals surface area contributed by atoms with Crippen LogP contribution in [-0.4, -0.2) is 9.97 Å². The van der Waals surface area contributed by atoms with E-state index in [1.165, 1.54) is 18.3 Å². The summed E-state index contributed by atoms with van der Waals surface area (Å²) >= 11 is 0. The number of aromatic amines is 1. The third-order valence-corrected chi connectivity index (χ3v) is 2.56. The van der Waals surface area contributed by atoms with Crippen molar-refractivity contribution in [2.75, 3.05) is 0 Å². The number of alkyl halides is 3. The van der Waals surface area contributed by atoms with Crippen LogP contribution < -0.4 is 11.3 Å². The zero-order valence-corrected chi connectivity index (χ0v) is 9.66. The van der Waals surface area contributed by atoms with E-state index in [4.69, 9.17) is 5.73 Å². The largest absolute Gasteiger partial charge is 0.416 e. The van der Waals surface area contributed by atoms with Gasteiger partial charge in [0.15, 0.2) is 0 Å². The molecule has 1 heterocycles. The summed E-state index contributed by atoms with van der Waals surface area (Å²) < 4.78 is 37.7. The Hall–Kier alpha value is -2.15. The average Bonchev–Trinajstić information content (AvgIpc) is 2.38. The highest BCUT2D eigenvalue weighted by molar-refractivity contribution is 5.56. The SMILES string of the molecule is NCc1cnc(-c2cccc(C(F)(F)F)c2)[nH]c1=O. The van der Waals surface area contributed by atoms with Crippen molar-refractivity contribution in [3.8, 4) is 11.4 Å². The maximum absolute atomic E-state index is 12.6. The van der Waals surface area contributed by atoms with Crippen LogP contribution in [0.25, 0.3) is 11.4 Å². The molecule has 0 aliphatic rings. The van der Waals surface area contributed by atoms with Gasteiger partial charge in [0, 0.05) is 23.9 Å². The van der Waals surface area contributed by atoms with Gasteiger partial charge in [-0.2, -0.15) is 13.2 Å². The van der Waals surface area contributed by atoms with E-state index in [1.807, 2.05) is 0 Å². The molecule has 0 bridgehead atoms. The van der Waals surface area contributed by atoms with Gasteiger partial charge in [-0.05, 0) is 12.1 Å². The van der Waals surface area contributed by atoms with E-state index in [1.54, 1.807) is 0 Å². The van der Waals surface area contributed by atoms with Gasteiger partial charge in [0.05, 0.1) is 5.56 Å². The third kappa shape index (κ3) is 2.82. The second-order valence-electron chi connectivity index (χ2n) is 3.87. The van der Waals surface area contributed by atoms with Crippen molar-refractivity contribution in [3.63, 3.8) is 0 Å². The molecule has 19 heavy (non-hydrogen) atoms. The fourth-order valence-corrected chi connectivity index (χ4v) is 1.56. The van der Waals surface area contributed by atoms with Gasteiger partial charge in [-0.3, -0.25) is 4.79 Å². The van der Waals surface area contributed by atoms with Gasteiger partial charge in [0.25, 0.3) is 5.56 Å². The molecule has 0 aliphatic heterocycles. The Bertz CT molecular complexity index is 649. The van der Waals surface area contributed by atoms with E-state index < -0.39 is 17.3 Å². The first kappa shape index (κ1) is 13.3. The summed E-state index contributed by atoms with van der Waals surface area (Å²) in [5.41, 5.74) is 4.53. The molecule has 0 spiro atoms. The number of hydrogen-bond donors (Lipinski definition) is 2. The lowest BCUT2D eigenvalue weighted by atomic mass is 10.1. The van der Waals surface area contributed by atoms with E-state index in [0.717, 1.165) is 12.1 Å². The average molecular weight is 269 g/mol. The van der Waals surface area contributed by atoms with Crippen LogP contribution in [0.2, 0.25) is 0 Å². The first-order valence-electron chi connectivity index (χ1n) is 5.37. The number of benzene rings is 1. The Morgan fingerprint density at radius 3 is 2.63 bits per heavy atom. The Balaban J connectivity index is 2.48. The topological polar surface area (TPSA) is 71.8 Å². The van der Waals surface area contributed by atoms with Crippen LogP contribution in [0, 0.1) is 0 Å². The molecule has 3 N–H and O–H groups in total. The fraction of sp³-hybridized carbons (Fsp3) is 0.167. The number of H-pyrrole nitrogens is 1. The van der Waals surface area contributed by atoms with Gasteiger partial charge >= 0.3 is 6.18 Å². The van der Waals surface area contributed by atoms with Crippen LogP contribution in [0.5, 0.6) is 0 Å². The van der Waals surface area contributed by atoms with Gasteiger partial charge in [0.1, 0.15) is 5.82 Å². The lowest BCUT2D eigenvalue weighted by Crippen LogP contribution is -2.17. The van der Waals surface area contributed by atoms with Crippen molar-refractivity contribution < 1.29 is 13.2 Å². The number of aromatic nitrogens is 2. The minimum absolute atomic E-state index is 0.0191. The van der Waals surface area contributed by atoms with E-state index >= 15 is 0 Å². The maximum Gasteiger partial charge on any atom is 0.416 e. The Labute approximate surface area is 106 Å². The standard InChI is InChI=1S/C12H10F3N3O/c13-12(14,15)9-3-1-2-7(4-9)10-17-6-8(5-16)11(19)18-10/h1-4,6H,5,16H2,(H,17,18,19). The van der Waals surface area contributed by atoms with Crippen LogP contribution in [0.3, 0.4) is 0 Å². The molecule has 0 saturated carbocycles. The van der Waals surface area contributed by atoms with Crippen molar-refractivity contribution in [1.29, 1.82) is 0 Å². The molecule has 0 saturated heterocycles. The van der Waals surface area contributed by atoms with Crippen molar-refractivity contribution in [2.45, 2.75) is 12.7 Å². The summed E-state index contributed by atoms with van der Waals surface area (Å²) in [6, 6.07) is 4.58. The second-order valence-corrected chi connectivity index (χ2v) is 3.87. The molecule has 0 radical (unpaired) electrons. The molecule has 0 unspecified atom stereocenters. The van der Waals surface area contributed by atoms with E-state index in [2.05, 4.69) is 9.97 Å². The van der Waals surface area contributed by atoms with Gasteiger partial charge in [0.2, 0.25) is 0 Å². The van der Waals surface area contributed by atoms with Crippen molar-refractivity contribution in [3.05, 3.63) is 51.9 Å². The molecule has 2 rings (SSSR count). The van der Waals surface area contributed by atoms with Gasteiger partial charge in [-0.1, -0.05) is 12.1 Å². The van der Waals surface area contributed by atoms with Crippen molar-refractivity contribution >= 4 is 0 Å². The van der Waals surface area contributed by atoms with Gasteiger partial charge in [-0.15, -0.1) is 0 Å². The Morgan fingerprint density at radius 2 is 2.05 bits per heavy atom. The molecule has 0 aliphatic carbocycles. The molecular weight excluding hydrogens is 259 g/mol. The third-order valence-electron chi connectivity index (χ3n) is 2.56. The summed E-state index contributed by atoms with van der Waals surface area (Å²) in [7, 11) is 0. The number of nitrogens with one attached hydrogen (secondary N) is 1. The normalized spacial score (nSPS) is 11.6. The van der Waals surface area contributed by atoms with E-state index in [0.29, 0.717) is 0 Å². The minimum atomic E-state index is -4.44. The molecule has 1 aromatic carbocycles. The maximum atomic E-state index is 12.6. The van der Waals surface area contributed by atoms with Crippen LogP contribution in [-0.2, 0) is 12.7 Å². The summed E-state index contributed by atoms with van der Waals surface area (Å²) in [5.74, 6) is 0.0771. The molecular formula is C12H10F3N3O. The highest BCUT2D eigenvalue weighted by Crippen LogP contribution is 2.31. The molecule has 1 aromatic heterocycles. The predicted octanol–water partition coefficient (Wildman–Crippen LogP) is 1.91. The molecule has 0 amide bonds. The lowest BCUT2D eigenvalue weighted by molar-refractivity contribution is -0.137. The number of hydrogen-bond acceptors (Lipinski definition) is 3. The second kappa shape index (κ2) is 4.85. The van der Waals surface area contributed by atoms with Crippen molar-refractivity contribution in [1.82, 2.24) is 9.97 Å². The predicted molar refractivity (Wildman–Crippen MR) is 63.2 cm³/mol. The summed E-state index contributed by atoms with van der Waals surface area (Å²) in [6.07, 6.45) is -3.18. The highest BCUT2D eigenvalue weighted by Gasteiger charge is 2.30. The smallest absolute Gasteiger partial charge is 0.326 e. The van der Waals surface area contributed by atoms with Crippen LogP contribution in [0.15, 0.2) is 35.3 Å². The van der Waals surface area contributed by atoms with Crippen LogP contribution in [0.1, 0.15) is 11.1 Å².